The van der Waals surface area contributed by atoms with Gasteiger partial charge in [0.25, 0.3) is 10.0 Å². The molecule has 0 bridgehead atoms. The third-order valence-electron chi connectivity index (χ3n) is 2.42. The van der Waals surface area contributed by atoms with Crippen LogP contribution in [0.25, 0.3) is 0 Å². The van der Waals surface area contributed by atoms with Crippen molar-refractivity contribution in [1.82, 2.24) is 4.89 Å². The predicted octanol–water partition coefficient (Wildman–Crippen LogP) is 1.98. The topological polar surface area (TPSA) is 64.6 Å². The summed E-state index contributed by atoms with van der Waals surface area (Å²) >= 11 is 0. The molecule has 106 valence electrons. The van der Waals surface area contributed by atoms with Gasteiger partial charge in [-0.3, -0.25) is 4.84 Å². The number of rotatable bonds is 7. The summed E-state index contributed by atoms with van der Waals surface area (Å²) in [7, 11) is -3.63. The fraction of sp³-hybridized carbons (Fsp3) is 0.143. The van der Waals surface area contributed by atoms with E-state index in [1.165, 1.54) is 12.1 Å². The van der Waals surface area contributed by atoms with Crippen molar-refractivity contribution in [2.75, 3.05) is 13.2 Å². The van der Waals surface area contributed by atoms with Crippen LogP contribution >= 0.6 is 0 Å². The molecule has 0 saturated carbocycles. The summed E-state index contributed by atoms with van der Waals surface area (Å²) in [4.78, 5) is 7.12. The molecule has 5 nitrogen and oxygen atoms in total. The smallest absolute Gasteiger partial charge is 0.262 e. The molecule has 0 aliphatic heterocycles. The molecule has 0 heterocycles. The van der Waals surface area contributed by atoms with Gasteiger partial charge < -0.3 is 4.74 Å². The van der Waals surface area contributed by atoms with Gasteiger partial charge in [0, 0.05) is 0 Å². The zero-order chi connectivity index (χ0) is 14.3. The van der Waals surface area contributed by atoms with Gasteiger partial charge in [0.15, 0.2) is 0 Å². The van der Waals surface area contributed by atoms with Crippen LogP contribution in [0.5, 0.6) is 5.75 Å². The van der Waals surface area contributed by atoms with Gasteiger partial charge in [0.05, 0.1) is 4.90 Å². The van der Waals surface area contributed by atoms with Crippen molar-refractivity contribution in [2.24, 2.45) is 0 Å². The van der Waals surface area contributed by atoms with Crippen molar-refractivity contribution in [3.8, 4) is 5.75 Å². The second-order valence-electron chi connectivity index (χ2n) is 3.91. The molecule has 2 aromatic carbocycles. The molecule has 0 aromatic heterocycles. The molecule has 6 heteroatoms. The molecule has 20 heavy (non-hydrogen) atoms. The molecule has 0 atom stereocenters. The number of hydrogen-bond acceptors (Lipinski definition) is 4. The summed E-state index contributed by atoms with van der Waals surface area (Å²) in [5.74, 6) is 0.710. The lowest BCUT2D eigenvalue weighted by Crippen LogP contribution is -2.26. The van der Waals surface area contributed by atoms with Crippen molar-refractivity contribution in [2.45, 2.75) is 4.90 Å². The first-order chi connectivity index (χ1) is 9.68. The van der Waals surface area contributed by atoms with Crippen molar-refractivity contribution in [3.05, 3.63) is 60.7 Å². The molecule has 0 amide bonds. The molecule has 2 rings (SSSR count). The number of nitrogens with one attached hydrogen (secondary N) is 1. The van der Waals surface area contributed by atoms with Crippen molar-refractivity contribution >= 4 is 10.0 Å². The van der Waals surface area contributed by atoms with Crippen LogP contribution in [0.1, 0.15) is 0 Å². The standard InChI is InChI=1S/C14H15NO4S/c16-20(17,14-9-5-2-6-10-14)15-19-12-11-18-13-7-3-1-4-8-13/h1-10,15H,11-12H2. The Labute approximate surface area is 118 Å². The van der Waals surface area contributed by atoms with E-state index >= 15 is 0 Å². The SMILES string of the molecule is O=S(=O)(NOCCOc1ccccc1)c1ccccc1. The zero-order valence-corrected chi connectivity index (χ0v) is 11.5. The first kappa shape index (κ1) is 14.5. The summed E-state index contributed by atoms with van der Waals surface area (Å²) in [6.45, 7) is 0.363. The summed E-state index contributed by atoms with van der Waals surface area (Å²) in [5.41, 5.74) is 0. The second kappa shape index (κ2) is 7.04. The van der Waals surface area contributed by atoms with Crippen LogP contribution in [-0.4, -0.2) is 21.6 Å². The van der Waals surface area contributed by atoms with Crippen molar-refractivity contribution in [3.63, 3.8) is 0 Å². The maximum Gasteiger partial charge on any atom is 0.262 e. The molecule has 0 spiro atoms. The van der Waals surface area contributed by atoms with Crippen LogP contribution < -0.4 is 9.62 Å². The molecular formula is C14H15NO4S. The number of sulfonamides is 1. The molecule has 0 unspecified atom stereocenters. The van der Waals surface area contributed by atoms with Crippen molar-refractivity contribution in [1.29, 1.82) is 0 Å². The third kappa shape index (κ3) is 4.34. The molecule has 0 radical (unpaired) electrons. The van der Waals surface area contributed by atoms with E-state index in [-0.39, 0.29) is 18.1 Å². The number of benzene rings is 2. The Balaban J connectivity index is 1.74. The quantitative estimate of drug-likeness (QED) is 0.626. The van der Waals surface area contributed by atoms with Gasteiger partial charge in [-0.15, -0.1) is 0 Å². The summed E-state index contributed by atoms with van der Waals surface area (Å²) in [6, 6.07) is 17.2. The third-order valence-corrected chi connectivity index (χ3v) is 3.65. The first-order valence-electron chi connectivity index (χ1n) is 6.05. The van der Waals surface area contributed by atoms with Gasteiger partial charge in [0.2, 0.25) is 0 Å². The maximum absolute atomic E-state index is 11.8. The molecule has 0 aliphatic rings. The van der Waals surface area contributed by atoms with Gasteiger partial charge in [-0.05, 0) is 24.3 Å². The number of hydrogen-bond donors (Lipinski definition) is 1. The van der Waals surface area contributed by atoms with E-state index in [2.05, 4.69) is 4.89 Å². The van der Waals surface area contributed by atoms with Gasteiger partial charge in [-0.1, -0.05) is 41.3 Å². The van der Waals surface area contributed by atoms with E-state index < -0.39 is 10.0 Å². The van der Waals surface area contributed by atoms with E-state index in [0.29, 0.717) is 5.75 Å². The highest BCUT2D eigenvalue weighted by Gasteiger charge is 2.12. The average molecular weight is 293 g/mol. The minimum atomic E-state index is -3.63. The maximum atomic E-state index is 11.8. The van der Waals surface area contributed by atoms with Crippen LogP contribution in [0, 0.1) is 0 Å². The Kier molecular flexibility index (Phi) is 5.11. The van der Waals surface area contributed by atoms with Gasteiger partial charge in [-0.2, -0.15) is 0 Å². The Bertz CT molecular complexity index is 614. The summed E-state index contributed by atoms with van der Waals surface area (Å²) in [6.07, 6.45) is 0. The van der Waals surface area contributed by atoms with Crippen LogP contribution in [0.15, 0.2) is 65.6 Å². The lowest BCUT2D eigenvalue weighted by molar-refractivity contribution is 0.0665. The molecule has 1 N–H and O–H groups in total. The Morgan fingerprint density at radius 2 is 1.45 bits per heavy atom. The number of para-hydroxylation sites is 1. The van der Waals surface area contributed by atoms with Gasteiger partial charge >= 0.3 is 0 Å². The van der Waals surface area contributed by atoms with Crippen LogP contribution in [0.2, 0.25) is 0 Å². The molecule has 0 aliphatic carbocycles. The van der Waals surface area contributed by atoms with Gasteiger partial charge in [0.1, 0.15) is 19.0 Å². The predicted molar refractivity (Wildman–Crippen MR) is 74.7 cm³/mol. The Hall–Kier alpha value is -1.89. The van der Waals surface area contributed by atoms with E-state index in [1.54, 1.807) is 18.2 Å². The van der Waals surface area contributed by atoms with Crippen LogP contribution in [-0.2, 0) is 14.9 Å². The highest BCUT2D eigenvalue weighted by atomic mass is 32.2. The summed E-state index contributed by atoms with van der Waals surface area (Å²) in [5, 5.41) is 0. The highest BCUT2D eigenvalue weighted by molar-refractivity contribution is 7.89. The van der Waals surface area contributed by atoms with E-state index in [4.69, 9.17) is 9.57 Å². The highest BCUT2D eigenvalue weighted by Crippen LogP contribution is 2.08. The van der Waals surface area contributed by atoms with Crippen molar-refractivity contribution < 1.29 is 18.0 Å². The monoisotopic (exact) mass is 293 g/mol. The molecular weight excluding hydrogens is 278 g/mol. The Morgan fingerprint density at radius 3 is 2.10 bits per heavy atom. The summed E-state index contributed by atoms with van der Waals surface area (Å²) < 4.78 is 28.9. The van der Waals surface area contributed by atoms with E-state index in [1.807, 2.05) is 30.3 Å². The first-order valence-corrected chi connectivity index (χ1v) is 7.53. The van der Waals surface area contributed by atoms with E-state index in [9.17, 15) is 8.42 Å². The van der Waals surface area contributed by atoms with Crippen LogP contribution in [0.4, 0.5) is 0 Å². The number of ether oxygens (including phenoxy) is 1. The van der Waals surface area contributed by atoms with E-state index in [0.717, 1.165) is 0 Å². The lowest BCUT2D eigenvalue weighted by atomic mass is 10.3. The van der Waals surface area contributed by atoms with Crippen LogP contribution in [0.3, 0.4) is 0 Å². The molecule has 0 fully saturated rings. The molecule has 0 saturated heterocycles. The average Bonchev–Trinajstić information content (AvgIpc) is 2.49. The molecule has 2 aromatic rings. The largest absolute Gasteiger partial charge is 0.491 e. The second-order valence-corrected chi connectivity index (χ2v) is 5.55. The lowest BCUT2D eigenvalue weighted by Gasteiger charge is -2.08. The fourth-order valence-corrected chi connectivity index (χ4v) is 2.34. The minimum absolute atomic E-state index is 0.112. The zero-order valence-electron chi connectivity index (χ0n) is 10.7. The normalized spacial score (nSPS) is 11.2. The fourth-order valence-electron chi connectivity index (χ4n) is 1.48. The van der Waals surface area contributed by atoms with Gasteiger partial charge in [-0.25, -0.2) is 8.42 Å². The minimum Gasteiger partial charge on any atom is -0.491 e. The Morgan fingerprint density at radius 1 is 0.850 bits per heavy atom.